The highest BCUT2D eigenvalue weighted by molar-refractivity contribution is 5.84. The Morgan fingerprint density at radius 3 is 2.27 bits per heavy atom. The lowest BCUT2D eigenvalue weighted by Gasteiger charge is -2.47. The molecule has 2 aliphatic heterocycles. The number of nitrogen functional groups attached to an aromatic ring is 1. The molecule has 0 amide bonds. The molecule has 2 aromatic carbocycles. The molecule has 238 valence electrons. The number of likely N-dealkylation sites (tertiary alicyclic amines) is 1. The number of rotatable bonds is 6. The maximum absolute atomic E-state index is 9.18. The number of nitrogens with zero attached hydrogens (tertiary/aromatic N) is 9. The maximum Gasteiger partial charge on any atom is 0.234 e. The predicted molar refractivity (Wildman–Crippen MR) is 187 cm³/mol. The molecule has 0 unspecified atom stereocenters. The molecule has 2 N–H and O–H groups in total. The molecular weight excluding hydrogens is 596 g/mol. The highest BCUT2D eigenvalue weighted by atomic mass is 15.2. The molecule has 2 saturated heterocycles. The van der Waals surface area contributed by atoms with Crippen molar-refractivity contribution in [1.29, 1.82) is 5.26 Å². The van der Waals surface area contributed by atoms with Gasteiger partial charge in [0.05, 0.1) is 11.3 Å². The molecule has 10 nitrogen and oxygen atoms in total. The number of pyridine rings is 2. The lowest BCUT2D eigenvalue weighted by atomic mass is 9.71. The van der Waals surface area contributed by atoms with Gasteiger partial charge in [0.2, 0.25) is 5.82 Å². The van der Waals surface area contributed by atoms with Gasteiger partial charge in [-0.25, -0.2) is 24.9 Å². The molecule has 48 heavy (non-hydrogen) atoms. The number of fused-ring (bicyclic) bond motifs is 1. The van der Waals surface area contributed by atoms with Crippen molar-refractivity contribution in [2.24, 2.45) is 5.41 Å². The van der Waals surface area contributed by atoms with Crippen LogP contribution in [0.25, 0.3) is 39.5 Å². The molecule has 4 aromatic heterocycles. The van der Waals surface area contributed by atoms with Gasteiger partial charge in [0.15, 0.2) is 11.5 Å². The fourth-order valence-corrected chi connectivity index (χ4v) is 7.24. The Hall–Kier alpha value is -5.66. The molecule has 0 saturated carbocycles. The van der Waals surface area contributed by atoms with Crippen LogP contribution < -0.4 is 10.6 Å². The summed E-state index contributed by atoms with van der Waals surface area (Å²) in [5.74, 6) is 2.26. The smallest absolute Gasteiger partial charge is 0.234 e. The summed E-state index contributed by atoms with van der Waals surface area (Å²) in [5, 5.41) is 9.18. The first-order chi connectivity index (χ1) is 23.6. The Labute approximate surface area is 279 Å². The van der Waals surface area contributed by atoms with Gasteiger partial charge < -0.3 is 10.6 Å². The Morgan fingerprint density at radius 1 is 0.750 bits per heavy atom. The van der Waals surface area contributed by atoms with E-state index in [0.29, 0.717) is 11.2 Å². The molecule has 2 fully saturated rings. The van der Waals surface area contributed by atoms with E-state index in [1.165, 1.54) is 18.4 Å². The first-order valence-corrected chi connectivity index (χ1v) is 16.5. The first kappa shape index (κ1) is 29.7. The number of benzene rings is 2. The van der Waals surface area contributed by atoms with Crippen LogP contribution >= 0.6 is 0 Å². The van der Waals surface area contributed by atoms with Crippen molar-refractivity contribution in [1.82, 2.24) is 34.4 Å². The largest absolute Gasteiger partial charge is 0.383 e. The third-order valence-corrected chi connectivity index (χ3v) is 10.1. The van der Waals surface area contributed by atoms with Gasteiger partial charge in [-0.15, -0.1) is 0 Å². The average Bonchev–Trinajstić information content (AvgIpc) is 3.52. The predicted octanol–water partition coefficient (Wildman–Crippen LogP) is 6.28. The number of hydrogen-bond donors (Lipinski definition) is 1. The highest BCUT2D eigenvalue weighted by Gasteiger charge is 2.37. The van der Waals surface area contributed by atoms with Crippen LogP contribution in [-0.2, 0) is 6.54 Å². The minimum absolute atomic E-state index is 0.236. The number of nitriles is 1. The number of aromatic nitrogens is 6. The Kier molecular flexibility index (Phi) is 7.74. The van der Waals surface area contributed by atoms with E-state index in [-0.39, 0.29) is 5.82 Å². The van der Waals surface area contributed by atoms with Crippen LogP contribution in [0.2, 0.25) is 0 Å². The molecule has 0 aliphatic carbocycles. The van der Waals surface area contributed by atoms with Gasteiger partial charge in [0, 0.05) is 43.3 Å². The van der Waals surface area contributed by atoms with Crippen LogP contribution in [0.15, 0.2) is 97.3 Å². The van der Waals surface area contributed by atoms with Crippen molar-refractivity contribution >= 4 is 22.8 Å². The van der Waals surface area contributed by atoms with Crippen LogP contribution in [0.4, 0.5) is 11.6 Å². The zero-order valence-corrected chi connectivity index (χ0v) is 26.7. The first-order valence-electron chi connectivity index (χ1n) is 16.5. The maximum atomic E-state index is 9.18. The van der Waals surface area contributed by atoms with Gasteiger partial charge in [-0.3, -0.25) is 9.47 Å². The van der Waals surface area contributed by atoms with Gasteiger partial charge in [0.1, 0.15) is 23.2 Å². The van der Waals surface area contributed by atoms with Crippen LogP contribution in [-0.4, -0.2) is 60.6 Å². The van der Waals surface area contributed by atoms with Crippen LogP contribution in [0.3, 0.4) is 0 Å². The summed E-state index contributed by atoms with van der Waals surface area (Å²) in [6, 6.07) is 30.8. The molecule has 2 aliphatic rings. The molecule has 10 heteroatoms. The monoisotopic (exact) mass is 632 g/mol. The summed E-state index contributed by atoms with van der Waals surface area (Å²) in [4.78, 5) is 27.7. The second-order valence-electron chi connectivity index (χ2n) is 12.9. The number of imidazole rings is 1. The minimum Gasteiger partial charge on any atom is -0.383 e. The quantitative estimate of drug-likeness (QED) is 0.226. The molecule has 1 spiro atoms. The number of nitrogens with two attached hydrogens (primary N) is 1. The standard InChI is InChI=1S/C38H36N10/c39-25-33-41-20-14-34(45-33)47-23-17-38(18-24-47)15-21-46(22-16-38)26-27-8-10-29(11-9-27)48-36(30-7-4-19-42-35(30)40)44-32-13-12-31(43-37(32)48)28-5-2-1-3-6-28/h1-14,19-20H,15-18,21-24,26H2,(H2,40,42). The highest BCUT2D eigenvalue weighted by Crippen LogP contribution is 2.42. The SMILES string of the molecule is N#Cc1nccc(N2CCC3(CCN(Cc4ccc(-n5c(-c6cccnc6N)nc6ccc(-c7ccccc7)nc65)cc4)CC3)CC2)n1. The Bertz CT molecular complexity index is 2100. The summed E-state index contributed by atoms with van der Waals surface area (Å²) in [6.45, 7) is 5.05. The van der Waals surface area contributed by atoms with E-state index in [1.807, 2.05) is 48.5 Å². The average molecular weight is 633 g/mol. The molecule has 6 aromatic rings. The van der Waals surface area contributed by atoms with Crippen LogP contribution in [0.1, 0.15) is 37.1 Å². The lowest BCUT2D eigenvalue weighted by Crippen LogP contribution is -2.46. The second-order valence-corrected chi connectivity index (χ2v) is 12.9. The summed E-state index contributed by atoms with van der Waals surface area (Å²) in [7, 11) is 0. The molecular formula is C38H36N10. The van der Waals surface area contributed by atoms with Crippen LogP contribution in [0, 0.1) is 16.7 Å². The van der Waals surface area contributed by atoms with Crippen molar-refractivity contribution in [2.45, 2.75) is 32.2 Å². The van der Waals surface area contributed by atoms with Gasteiger partial charge in [-0.1, -0.05) is 42.5 Å². The van der Waals surface area contributed by atoms with Gasteiger partial charge in [-0.05, 0) is 92.2 Å². The van der Waals surface area contributed by atoms with Crippen molar-refractivity contribution in [3.63, 3.8) is 0 Å². The summed E-state index contributed by atoms with van der Waals surface area (Å²) in [5.41, 5.74) is 13.3. The summed E-state index contributed by atoms with van der Waals surface area (Å²) < 4.78 is 2.10. The third kappa shape index (κ3) is 5.73. The molecule has 0 atom stereocenters. The van der Waals surface area contributed by atoms with E-state index < -0.39 is 0 Å². The Morgan fingerprint density at radius 2 is 1.52 bits per heavy atom. The third-order valence-electron chi connectivity index (χ3n) is 10.1. The van der Waals surface area contributed by atoms with Crippen molar-refractivity contribution in [3.05, 3.63) is 109 Å². The van der Waals surface area contributed by atoms with E-state index in [9.17, 15) is 5.26 Å². The van der Waals surface area contributed by atoms with Crippen molar-refractivity contribution < 1.29 is 0 Å². The van der Waals surface area contributed by atoms with Crippen molar-refractivity contribution in [2.75, 3.05) is 36.8 Å². The molecule has 8 rings (SSSR count). The van der Waals surface area contributed by atoms with Crippen LogP contribution in [0.5, 0.6) is 0 Å². The van der Waals surface area contributed by atoms with Gasteiger partial charge in [-0.2, -0.15) is 5.26 Å². The number of anilines is 2. The zero-order valence-electron chi connectivity index (χ0n) is 26.7. The summed E-state index contributed by atoms with van der Waals surface area (Å²) in [6.07, 6.45) is 8.11. The Balaban J connectivity index is 0.991. The topological polar surface area (TPSA) is 126 Å². The molecule has 0 bridgehead atoms. The van der Waals surface area contributed by atoms with Gasteiger partial charge >= 0.3 is 0 Å². The summed E-state index contributed by atoms with van der Waals surface area (Å²) >= 11 is 0. The number of hydrogen-bond acceptors (Lipinski definition) is 9. The number of piperidine rings is 2. The van der Waals surface area contributed by atoms with E-state index in [2.05, 4.69) is 71.8 Å². The minimum atomic E-state index is 0.236. The second kappa shape index (κ2) is 12.5. The van der Waals surface area contributed by atoms with Crippen molar-refractivity contribution in [3.8, 4) is 34.4 Å². The van der Waals surface area contributed by atoms with E-state index >= 15 is 0 Å². The fourth-order valence-electron chi connectivity index (χ4n) is 7.24. The molecule has 6 heterocycles. The van der Waals surface area contributed by atoms with E-state index in [1.54, 1.807) is 12.4 Å². The van der Waals surface area contributed by atoms with E-state index in [0.717, 1.165) is 90.9 Å². The fraction of sp³-hybridized carbons (Fsp3) is 0.263. The zero-order chi connectivity index (χ0) is 32.5. The van der Waals surface area contributed by atoms with Gasteiger partial charge in [0.25, 0.3) is 0 Å². The lowest BCUT2D eigenvalue weighted by molar-refractivity contribution is 0.0757. The molecule has 0 radical (unpaired) electrons. The van der Waals surface area contributed by atoms with E-state index in [4.69, 9.17) is 15.7 Å². The normalized spacial score (nSPS) is 16.3.